The molecule has 33 heavy (non-hydrogen) atoms. The fraction of sp³-hybridized carbons (Fsp3) is 0.435. The van der Waals surface area contributed by atoms with Crippen molar-refractivity contribution in [1.29, 1.82) is 0 Å². The molecule has 180 valence electrons. The summed E-state index contributed by atoms with van der Waals surface area (Å²) in [6.07, 6.45) is -0.439. The van der Waals surface area contributed by atoms with Crippen molar-refractivity contribution >= 4 is 27.7 Å². The maximum absolute atomic E-state index is 12.9. The van der Waals surface area contributed by atoms with Gasteiger partial charge in [0, 0.05) is 13.1 Å². The van der Waals surface area contributed by atoms with Gasteiger partial charge >= 0.3 is 6.09 Å². The summed E-state index contributed by atoms with van der Waals surface area (Å²) in [5.74, 6) is -0.126. The molecule has 2 aromatic carbocycles. The van der Waals surface area contributed by atoms with Crippen LogP contribution in [0.3, 0.4) is 0 Å². The number of benzene rings is 2. The SMILES string of the molecule is CC(C)(C)OC(=O)N1CC(Cl)NCC1c1ccccc1CNNS(=O)(=O)Cc1ccccc1. The Balaban J connectivity index is 1.71. The van der Waals surface area contributed by atoms with Crippen LogP contribution in [-0.4, -0.2) is 43.6 Å². The van der Waals surface area contributed by atoms with Gasteiger partial charge < -0.3 is 4.74 Å². The third-order valence-electron chi connectivity index (χ3n) is 5.01. The van der Waals surface area contributed by atoms with Crippen molar-refractivity contribution in [1.82, 2.24) is 20.5 Å². The van der Waals surface area contributed by atoms with Gasteiger partial charge in [-0.3, -0.25) is 10.2 Å². The number of rotatable bonds is 7. The second-order valence-electron chi connectivity index (χ2n) is 8.92. The largest absolute Gasteiger partial charge is 0.444 e. The lowest BCUT2D eigenvalue weighted by atomic mass is 9.97. The molecule has 0 bridgehead atoms. The van der Waals surface area contributed by atoms with Crippen LogP contribution < -0.4 is 15.6 Å². The minimum absolute atomic E-state index is 0.126. The molecule has 3 N–H and O–H groups in total. The van der Waals surface area contributed by atoms with Crippen LogP contribution in [0.25, 0.3) is 0 Å². The van der Waals surface area contributed by atoms with E-state index in [4.69, 9.17) is 16.3 Å². The summed E-state index contributed by atoms with van der Waals surface area (Å²) in [4.78, 5) is 16.9. The monoisotopic (exact) mass is 494 g/mol. The number of halogens is 1. The maximum Gasteiger partial charge on any atom is 0.410 e. The van der Waals surface area contributed by atoms with Crippen molar-refractivity contribution in [3.8, 4) is 0 Å². The van der Waals surface area contributed by atoms with Gasteiger partial charge in [-0.15, -0.1) is 11.6 Å². The van der Waals surface area contributed by atoms with Crippen LogP contribution in [0.15, 0.2) is 54.6 Å². The number of hydrogen-bond donors (Lipinski definition) is 3. The van der Waals surface area contributed by atoms with E-state index in [-0.39, 0.29) is 30.4 Å². The summed E-state index contributed by atoms with van der Waals surface area (Å²) < 4.78 is 30.4. The number of amides is 1. The molecule has 3 rings (SSSR count). The van der Waals surface area contributed by atoms with Gasteiger partial charge in [-0.05, 0) is 37.5 Å². The van der Waals surface area contributed by atoms with Crippen LogP contribution >= 0.6 is 11.6 Å². The zero-order valence-electron chi connectivity index (χ0n) is 19.0. The third kappa shape index (κ3) is 7.68. The maximum atomic E-state index is 12.9. The highest BCUT2D eigenvalue weighted by molar-refractivity contribution is 7.88. The number of nitrogens with zero attached hydrogens (tertiary/aromatic N) is 1. The number of ether oxygens (including phenoxy) is 1. The van der Waals surface area contributed by atoms with E-state index in [1.807, 2.05) is 51.1 Å². The van der Waals surface area contributed by atoms with Gasteiger partial charge in [0.15, 0.2) is 0 Å². The third-order valence-corrected chi connectivity index (χ3v) is 6.48. The van der Waals surface area contributed by atoms with Crippen molar-refractivity contribution in [3.63, 3.8) is 0 Å². The first-order valence-corrected chi connectivity index (χ1v) is 12.8. The van der Waals surface area contributed by atoms with Gasteiger partial charge in [0.1, 0.15) is 11.1 Å². The number of carbonyl (C=O) groups is 1. The fourth-order valence-electron chi connectivity index (χ4n) is 3.61. The molecule has 1 aliphatic rings. The molecule has 2 aromatic rings. The van der Waals surface area contributed by atoms with Crippen LogP contribution in [0, 0.1) is 0 Å². The lowest BCUT2D eigenvalue weighted by Gasteiger charge is -2.40. The molecule has 0 aromatic heterocycles. The topological polar surface area (TPSA) is 99.8 Å². The first-order valence-electron chi connectivity index (χ1n) is 10.8. The Hall–Kier alpha value is -2.17. The fourth-order valence-corrected chi connectivity index (χ4v) is 4.84. The predicted octanol–water partition coefficient (Wildman–Crippen LogP) is 3.26. The molecule has 0 spiro atoms. The summed E-state index contributed by atoms with van der Waals surface area (Å²) in [6, 6.07) is 16.2. The molecular weight excluding hydrogens is 464 g/mol. The number of sulfonamides is 1. The molecule has 1 heterocycles. The Morgan fingerprint density at radius 3 is 2.52 bits per heavy atom. The molecule has 8 nitrogen and oxygen atoms in total. The van der Waals surface area contributed by atoms with Gasteiger partial charge in [-0.2, -0.15) is 4.83 Å². The Morgan fingerprint density at radius 2 is 1.82 bits per heavy atom. The molecular formula is C23H31ClN4O4S. The Kier molecular flexibility index (Phi) is 8.36. The van der Waals surface area contributed by atoms with Gasteiger partial charge in [0.2, 0.25) is 10.0 Å². The number of piperazine rings is 1. The lowest BCUT2D eigenvalue weighted by Crippen LogP contribution is -2.53. The number of carbonyl (C=O) groups excluding carboxylic acids is 1. The van der Waals surface area contributed by atoms with E-state index in [9.17, 15) is 13.2 Å². The summed E-state index contributed by atoms with van der Waals surface area (Å²) >= 11 is 6.27. The van der Waals surface area contributed by atoms with Crippen molar-refractivity contribution < 1.29 is 17.9 Å². The van der Waals surface area contributed by atoms with E-state index in [0.29, 0.717) is 12.1 Å². The summed E-state index contributed by atoms with van der Waals surface area (Å²) in [5, 5.41) is 3.20. The standard InChI is InChI=1S/C23H31ClN4O4S/c1-23(2,3)32-22(29)28-15-21(24)25-14-20(28)19-12-8-7-11-18(19)13-26-27-33(30,31)16-17-9-5-4-6-10-17/h4-12,20-21,25-27H,13-16H2,1-3H3. The molecule has 1 saturated heterocycles. The van der Waals surface area contributed by atoms with E-state index in [1.54, 1.807) is 29.2 Å². The lowest BCUT2D eigenvalue weighted by molar-refractivity contribution is 0.0102. The van der Waals surface area contributed by atoms with E-state index in [1.165, 1.54) is 0 Å². The molecule has 0 radical (unpaired) electrons. The van der Waals surface area contributed by atoms with Crippen LogP contribution in [-0.2, 0) is 27.1 Å². The van der Waals surface area contributed by atoms with Gasteiger partial charge in [-0.25, -0.2) is 18.6 Å². The molecule has 10 heteroatoms. The molecule has 0 saturated carbocycles. The highest BCUT2D eigenvalue weighted by Gasteiger charge is 2.35. The number of hydrazine groups is 1. The first kappa shape index (κ1) is 25.5. The summed E-state index contributed by atoms with van der Waals surface area (Å²) in [7, 11) is -3.57. The molecule has 1 aliphatic heterocycles. The Bertz CT molecular complexity index is 1040. The number of hydrogen-bond acceptors (Lipinski definition) is 6. The minimum Gasteiger partial charge on any atom is -0.444 e. The van der Waals surface area contributed by atoms with E-state index in [2.05, 4.69) is 15.6 Å². The Morgan fingerprint density at radius 1 is 1.15 bits per heavy atom. The zero-order valence-corrected chi connectivity index (χ0v) is 20.6. The number of nitrogens with one attached hydrogen (secondary N) is 3. The van der Waals surface area contributed by atoms with Gasteiger partial charge in [0.25, 0.3) is 0 Å². The molecule has 1 amide bonds. The Labute approximate surface area is 200 Å². The van der Waals surface area contributed by atoms with Crippen molar-refractivity contribution in [2.24, 2.45) is 0 Å². The summed E-state index contributed by atoms with van der Waals surface area (Å²) in [6.45, 7) is 6.43. The van der Waals surface area contributed by atoms with Crippen molar-refractivity contribution in [3.05, 3.63) is 71.3 Å². The van der Waals surface area contributed by atoms with Crippen LogP contribution in [0.5, 0.6) is 0 Å². The van der Waals surface area contributed by atoms with Gasteiger partial charge in [0.05, 0.1) is 18.3 Å². The molecule has 1 fully saturated rings. The summed E-state index contributed by atoms with van der Waals surface area (Å²) in [5.41, 5.74) is 4.23. The zero-order chi connectivity index (χ0) is 24.1. The van der Waals surface area contributed by atoms with E-state index < -0.39 is 21.7 Å². The highest BCUT2D eigenvalue weighted by atomic mass is 35.5. The normalized spacial score (nSPS) is 19.3. The van der Waals surface area contributed by atoms with Gasteiger partial charge in [-0.1, -0.05) is 54.6 Å². The van der Waals surface area contributed by atoms with Crippen LogP contribution in [0.1, 0.15) is 43.5 Å². The quantitative estimate of drug-likeness (QED) is 0.310. The molecule has 0 aliphatic carbocycles. The van der Waals surface area contributed by atoms with Crippen molar-refractivity contribution in [2.45, 2.75) is 50.2 Å². The predicted molar refractivity (Wildman–Crippen MR) is 129 cm³/mol. The van der Waals surface area contributed by atoms with Crippen molar-refractivity contribution in [2.75, 3.05) is 13.1 Å². The highest BCUT2D eigenvalue weighted by Crippen LogP contribution is 2.29. The second-order valence-corrected chi connectivity index (χ2v) is 11.2. The molecule has 2 unspecified atom stereocenters. The first-order chi connectivity index (χ1) is 15.5. The van der Waals surface area contributed by atoms with Crippen LogP contribution in [0.4, 0.5) is 4.79 Å². The molecule has 2 atom stereocenters. The smallest absolute Gasteiger partial charge is 0.410 e. The average Bonchev–Trinajstić information content (AvgIpc) is 2.73. The second kappa shape index (κ2) is 10.8. The number of alkyl halides is 1. The van der Waals surface area contributed by atoms with E-state index in [0.717, 1.165) is 11.1 Å². The average molecular weight is 495 g/mol. The minimum atomic E-state index is -3.57. The van der Waals surface area contributed by atoms with Crippen LogP contribution in [0.2, 0.25) is 0 Å². The van der Waals surface area contributed by atoms with E-state index >= 15 is 0 Å².